The van der Waals surface area contributed by atoms with Crippen molar-refractivity contribution in [2.45, 2.75) is 6.92 Å². The van der Waals surface area contributed by atoms with Gasteiger partial charge < -0.3 is 5.32 Å². The summed E-state index contributed by atoms with van der Waals surface area (Å²) in [5.74, 6) is 0.504. The average molecular weight is 288 g/mol. The number of nitrogens with zero attached hydrogens (tertiary/aromatic N) is 1. The van der Waals surface area contributed by atoms with Gasteiger partial charge in [0.25, 0.3) is 0 Å². The van der Waals surface area contributed by atoms with Crippen molar-refractivity contribution in [1.82, 2.24) is 10.3 Å². The lowest BCUT2D eigenvalue weighted by Gasteiger charge is -2.03. The van der Waals surface area contributed by atoms with Gasteiger partial charge in [-0.1, -0.05) is 29.8 Å². The van der Waals surface area contributed by atoms with Crippen LogP contribution in [0.3, 0.4) is 0 Å². The van der Waals surface area contributed by atoms with Gasteiger partial charge in [-0.15, -0.1) is 0 Å². The lowest BCUT2D eigenvalue weighted by molar-refractivity contribution is 0.255. The number of anilines is 1. The van der Waals surface area contributed by atoms with Gasteiger partial charge in [-0.2, -0.15) is 0 Å². The van der Waals surface area contributed by atoms with Gasteiger partial charge in [-0.25, -0.2) is 9.78 Å². The van der Waals surface area contributed by atoms with Crippen molar-refractivity contribution in [2.75, 3.05) is 5.32 Å². The van der Waals surface area contributed by atoms with E-state index in [0.29, 0.717) is 10.8 Å². The number of carbonyl (C=O) groups is 1. The topological polar surface area (TPSA) is 54.0 Å². The van der Waals surface area contributed by atoms with Gasteiger partial charge in [0.1, 0.15) is 5.82 Å². The smallest absolute Gasteiger partial charge is 0.314 e. The molecular formula is C15H14ClN3O. The number of halogens is 1. The highest BCUT2D eigenvalue weighted by molar-refractivity contribution is 6.30. The predicted molar refractivity (Wildman–Crippen MR) is 81.6 cm³/mol. The minimum atomic E-state index is -0.348. The number of pyridine rings is 1. The molecule has 0 aliphatic carbocycles. The van der Waals surface area contributed by atoms with Crippen LogP contribution in [0.1, 0.15) is 11.1 Å². The number of urea groups is 1. The first-order chi connectivity index (χ1) is 9.63. The summed E-state index contributed by atoms with van der Waals surface area (Å²) in [6, 6.07) is 10.6. The van der Waals surface area contributed by atoms with Crippen LogP contribution in [0, 0.1) is 6.92 Å². The van der Waals surface area contributed by atoms with E-state index < -0.39 is 0 Å². The first kappa shape index (κ1) is 14.1. The molecule has 0 bridgehead atoms. The molecule has 0 aliphatic heterocycles. The minimum Gasteiger partial charge on any atom is -0.314 e. The fraction of sp³-hybridized carbons (Fsp3) is 0.0667. The molecule has 20 heavy (non-hydrogen) atoms. The van der Waals surface area contributed by atoms with Crippen LogP contribution in [0.2, 0.25) is 5.02 Å². The average Bonchev–Trinajstić information content (AvgIpc) is 2.41. The second-order valence-electron chi connectivity index (χ2n) is 4.21. The molecule has 1 heterocycles. The lowest BCUT2D eigenvalue weighted by Crippen LogP contribution is -2.24. The number of hydrogen-bond donors (Lipinski definition) is 2. The van der Waals surface area contributed by atoms with E-state index in [1.807, 2.05) is 25.1 Å². The molecule has 2 N–H and O–H groups in total. The molecule has 102 valence electrons. The predicted octanol–water partition coefficient (Wildman–Crippen LogP) is 3.84. The standard InChI is InChI=1S/C15H14ClN3O/c1-11-5-6-14(18-10-11)19-15(20)17-8-7-12-3-2-4-13(16)9-12/h2-10H,1H3,(H2,17,18,19,20)/b8-7+. The first-order valence-corrected chi connectivity index (χ1v) is 6.43. The van der Waals surface area contributed by atoms with Crippen LogP contribution in [0.4, 0.5) is 10.6 Å². The third-order valence-corrected chi connectivity index (χ3v) is 2.73. The number of amides is 2. The monoisotopic (exact) mass is 287 g/mol. The van der Waals surface area contributed by atoms with E-state index in [0.717, 1.165) is 11.1 Å². The van der Waals surface area contributed by atoms with Crippen LogP contribution >= 0.6 is 11.6 Å². The Morgan fingerprint density at radius 1 is 1.30 bits per heavy atom. The summed E-state index contributed by atoms with van der Waals surface area (Å²) < 4.78 is 0. The fourth-order valence-electron chi connectivity index (χ4n) is 1.52. The SMILES string of the molecule is Cc1ccc(NC(=O)N/C=C/c2cccc(Cl)c2)nc1. The van der Waals surface area contributed by atoms with Gasteiger partial charge in [-0.3, -0.25) is 5.32 Å². The highest BCUT2D eigenvalue weighted by Gasteiger charge is 1.99. The Balaban J connectivity index is 1.87. The van der Waals surface area contributed by atoms with E-state index in [1.165, 1.54) is 0 Å². The van der Waals surface area contributed by atoms with Crippen LogP contribution < -0.4 is 10.6 Å². The zero-order valence-corrected chi connectivity index (χ0v) is 11.7. The van der Waals surface area contributed by atoms with Crippen molar-refractivity contribution in [3.05, 3.63) is 64.9 Å². The lowest BCUT2D eigenvalue weighted by atomic mass is 10.2. The molecule has 0 saturated heterocycles. The van der Waals surface area contributed by atoms with E-state index in [1.54, 1.807) is 36.7 Å². The van der Waals surface area contributed by atoms with Gasteiger partial charge in [0.05, 0.1) is 0 Å². The molecule has 0 saturated carbocycles. The second kappa shape index (κ2) is 6.73. The molecule has 1 aromatic carbocycles. The number of carbonyl (C=O) groups excluding carboxylic acids is 1. The maximum Gasteiger partial charge on any atom is 0.324 e. The summed E-state index contributed by atoms with van der Waals surface area (Å²) in [7, 11) is 0. The largest absolute Gasteiger partial charge is 0.324 e. The molecule has 0 radical (unpaired) electrons. The van der Waals surface area contributed by atoms with E-state index in [9.17, 15) is 4.79 Å². The summed E-state index contributed by atoms with van der Waals surface area (Å²) in [5, 5.41) is 5.88. The third kappa shape index (κ3) is 4.40. The Bertz CT molecular complexity index is 623. The Hall–Kier alpha value is -2.33. The van der Waals surface area contributed by atoms with Crippen LogP contribution in [0.15, 0.2) is 48.8 Å². The van der Waals surface area contributed by atoms with Crippen LogP contribution in [0.5, 0.6) is 0 Å². The van der Waals surface area contributed by atoms with Crippen molar-refractivity contribution in [2.24, 2.45) is 0 Å². The van der Waals surface area contributed by atoms with E-state index in [2.05, 4.69) is 15.6 Å². The molecule has 1 aromatic heterocycles. The molecule has 2 rings (SSSR count). The Morgan fingerprint density at radius 3 is 2.85 bits per heavy atom. The highest BCUT2D eigenvalue weighted by Crippen LogP contribution is 2.11. The zero-order chi connectivity index (χ0) is 14.4. The van der Waals surface area contributed by atoms with E-state index in [4.69, 9.17) is 11.6 Å². The number of nitrogens with one attached hydrogen (secondary N) is 2. The van der Waals surface area contributed by atoms with E-state index in [-0.39, 0.29) is 6.03 Å². The molecule has 4 nitrogen and oxygen atoms in total. The normalized spacial score (nSPS) is 10.5. The Labute approximate surface area is 122 Å². The number of aromatic nitrogens is 1. The maximum absolute atomic E-state index is 11.6. The number of benzene rings is 1. The Morgan fingerprint density at radius 2 is 2.15 bits per heavy atom. The van der Waals surface area contributed by atoms with Crippen molar-refractivity contribution in [3.63, 3.8) is 0 Å². The van der Waals surface area contributed by atoms with Gasteiger partial charge in [0.2, 0.25) is 0 Å². The quantitative estimate of drug-likeness (QED) is 0.901. The molecule has 2 amide bonds. The van der Waals surface area contributed by atoms with Crippen molar-refractivity contribution in [3.8, 4) is 0 Å². The highest BCUT2D eigenvalue weighted by atomic mass is 35.5. The molecule has 0 aliphatic rings. The second-order valence-corrected chi connectivity index (χ2v) is 4.64. The molecule has 0 fully saturated rings. The number of hydrogen-bond acceptors (Lipinski definition) is 2. The molecule has 0 unspecified atom stereocenters. The van der Waals surface area contributed by atoms with Crippen molar-refractivity contribution >= 4 is 29.5 Å². The van der Waals surface area contributed by atoms with Crippen LogP contribution in [0.25, 0.3) is 6.08 Å². The molecule has 2 aromatic rings. The molecule has 0 spiro atoms. The first-order valence-electron chi connectivity index (χ1n) is 6.06. The molecule has 0 atom stereocenters. The maximum atomic E-state index is 11.6. The summed E-state index contributed by atoms with van der Waals surface area (Å²) in [5.41, 5.74) is 1.95. The fourth-order valence-corrected chi connectivity index (χ4v) is 1.72. The Kier molecular flexibility index (Phi) is 4.74. The molecule has 5 heteroatoms. The number of rotatable bonds is 3. The summed E-state index contributed by atoms with van der Waals surface area (Å²) in [6.07, 6.45) is 5.00. The summed E-state index contributed by atoms with van der Waals surface area (Å²) >= 11 is 5.86. The van der Waals surface area contributed by atoms with Gasteiger partial charge >= 0.3 is 6.03 Å². The van der Waals surface area contributed by atoms with Crippen molar-refractivity contribution in [1.29, 1.82) is 0 Å². The zero-order valence-electron chi connectivity index (χ0n) is 10.9. The number of aryl methyl sites for hydroxylation is 1. The molecular weight excluding hydrogens is 274 g/mol. The van der Waals surface area contributed by atoms with Crippen LogP contribution in [-0.4, -0.2) is 11.0 Å². The van der Waals surface area contributed by atoms with Crippen molar-refractivity contribution < 1.29 is 4.79 Å². The minimum absolute atomic E-state index is 0.348. The van der Waals surface area contributed by atoms with Crippen LogP contribution in [-0.2, 0) is 0 Å². The van der Waals surface area contributed by atoms with Gasteiger partial charge in [0, 0.05) is 17.4 Å². The summed E-state index contributed by atoms with van der Waals surface area (Å²) in [4.78, 5) is 15.7. The summed E-state index contributed by atoms with van der Waals surface area (Å²) in [6.45, 7) is 1.94. The van der Waals surface area contributed by atoms with E-state index >= 15 is 0 Å². The van der Waals surface area contributed by atoms with Gasteiger partial charge in [0.15, 0.2) is 0 Å². The van der Waals surface area contributed by atoms with Gasteiger partial charge in [-0.05, 0) is 42.3 Å². The third-order valence-electron chi connectivity index (χ3n) is 2.49.